The molecule has 0 saturated carbocycles. The lowest BCUT2D eigenvalue weighted by Gasteiger charge is -2.00. The zero-order valence-corrected chi connectivity index (χ0v) is 8.29. The molecule has 78 valence electrons. The van der Waals surface area contributed by atoms with Gasteiger partial charge in [0.05, 0.1) is 13.3 Å². The zero-order chi connectivity index (χ0) is 10.6. The van der Waals surface area contributed by atoms with Crippen LogP contribution in [0.4, 0.5) is 4.39 Å². The summed E-state index contributed by atoms with van der Waals surface area (Å²) in [5.41, 5.74) is -0.108. The average Bonchev–Trinajstić information content (AvgIpc) is 2.56. The van der Waals surface area contributed by atoms with E-state index >= 15 is 0 Å². The van der Waals surface area contributed by atoms with E-state index < -0.39 is 11.9 Å². The molecular formula is C9H13FN2O2. The van der Waals surface area contributed by atoms with Crippen molar-refractivity contribution in [1.29, 1.82) is 0 Å². The molecule has 1 aromatic heterocycles. The van der Waals surface area contributed by atoms with E-state index in [1.807, 2.05) is 6.92 Å². The molecule has 0 atom stereocenters. The second-order valence-electron chi connectivity index (χ2n) is 2.92. The number of carbonyl (C=O) groups is 1. The van der Waals surface area contributed by atoms with Gasteiger partial charge in [-0.15, -0.1) is 0 Å². The Morgan fingerprint density at radius 2 is 2.43 bits per heavy atom. The van der Waals surface area contributed by atoms with Crippen molar-refractivity contribution < 1.29 is 13.9 Å². The van der Waals surface area contributed by atoms with Crippen LogP contribution < -0.4 is 0 Å². The van der Waals surface area contributed by atoms with Crippen LogP contribution in [0.5, 0.6) is 0 Å². The summed E-state index contributed by atoms with van der Waals surface area (Å²) in [6.45, 7) is 2.49. The average molecular weight is 200 g/mol. The maximum atomic E-state index is 13.4. The van der Waals surface area contributed by atoms with Crippen LogP contribution in [0.3, 0.4) is 0 Å². The molecule has 0 amide bonds. The normalized spacial score (nSPS) is 10.2. The van der Waals surface area contributed by atoms with E-state index in [0.717, 1.165) is 12.8 Å². The fourth-order valence-electron chi connectivity index (χ4n) is 1.08. The summed E-state index contributed by atoms with van der Waals surface area (Å²) >= 11 is 0. The van der Waals surface area contributed by atoms with Gasteiger partial charge in [-0.05, 0) is 6.42 Å². The van der Waals surface area contributed by atoms with Gasteiger partial charge in [-0.25, -0.2) is 9.48 Å². The highest BCUT2D eigenvalue weighted by atomic mass is 19.1. The number of aryl methyl sites for hydroxylation is 1. The number of methoxy groups -OCH3 is 1. The number of ether oxygens (including phenoxy) is 1. The summed E-state index contributed by atoms with van der Waals surface area (Å²) in [7, 11) is 1.21. The lowest BCUT2D eigenvalue weighted by Crippen LogP contribution is -2.07. The Kier molecular flexibility index (Phi) is 3.62. The first-order chi connectivity index (χ1) is 6.70. The summed E-state index contributed by atoms with van der Waals surface area (Å²) in [5, 5.41) is 3.76. The van der Waals surface area contributed by atoms with Crippen molar-refractivity contribution in [1.82, 2.24) is 9.78 Å². The molecule has 0 aliphatic carbocycles. The molecule has 0 radical (unpaired) electrons. The van der Waals surface area contributed by atoms with Gasteiger partial charge in [-0.2, -0.15) is 9.49 Å². The highest BCUT2D eigenvalue weighted by molar-refractivity contribution is 5.88. The minimum atomic E-state index is -0.690. The first-order valence-corrected chi connectivity index (χ1v) is 4.50. The van der Waals surface area contributed by atoms with Crippen LogP contribution in [0.1, 0.15) is 30.1 Å². The van der Waals surface area contributed by atoms with Crippen molar-refractivity contribution >= 4 is 5.97 Å². The first kappa shape index (κ1) is 10.7. The Morgan fingerprint density at radius 3 is 3.00 bits per heavy atom. The van der Waals surface area contributed by atoms with E-state index in [0.29, 0.717) is 6.54 Å². The number of carbonyl (C=O) groups excluding carboxylic acids is 1. The summed E-state index contributed by atoms with van der Waals surface area (Å²) in [4.78, 5) is 11.0. The molecule has 0 saturated heterocycles. The number of halogens is 1. The maximum absolute atomic E-state index is 13.4. The standard InChI is InChI=1S/C9H13FN2O2/c1-3-4-5-12-8(10)7(6-11-12)9(13)14-2/h6H,3-5H2,1-2H3. The van der Waals surface area contributed by atoms with Crippen LogP contribution >= 0.6 is 0 Å². The minimum Gasteiger partial charge on any atom is -0.465 e. The van der Waals surface area contributed by atoms with Gasteiger partial charge in [0.2, 0.25) is 5.95 Å². The largest absolute Gasteiger partial charge is 0.465 e. The highest BCUT2D eigenvalue weighted by Crippen LogP contribution is 2.08. The van der Waals surface area contributed by atoms with Gasteiger partial charge in [-0.3, -0.25) is 0 Å². The van der Waals surface area contributed by atoms with Crippen molar-refractivity contribution in [3.05, 3.63) is 17.7 Å². The van der Waals surface area contributed by atoms with Gasteiger partial charge in [0, 0.05) is 6.54 Å². The number of esters is 1. The third-order valence-corrected chi connectivity index (χ3v) is 1.90. The monoisotopic (exact) mass is 200 g/mol. The van der Waals surface area contributed by atoms with E-state index in [1.54, 1.807) is 0 Å². The molecule has 0 fully saturated rings. The van der Waals surface area contributed by atoms with E-state index in [9.17, 15) is 9.18 Å². The van der Waals surface area contributed by atoms with Gasteiger partial charge in [-0.1, -0.05) is 13.3 Å². The fourth-order valence-corrected chi connectivity index (χ4v) is 1.08. The van der Waals surface area contributed by atoms with Crippen molar-refractivity contribution in [2.24, 2.45) is 0 Å². The lowest BCUT2D eigenvalue weighted by molar-refractivity contribution is 0.0594. The van der Waals surface area contributed by atoms with Crippen molar-refractivity contribution in [2.75, 3.05) is 7.11 Å². The summed E-state index contributed by atoms with van der Waals surface area (Å²) in [6.07, 6.45) is 2.98. The highest BCUT2D eigenvalue weighted by Gasteiger charge is 2.17. The van der Waals surface area contributed by atoms with Gasteiger partial charge < -0.3 is 4.74 Å². The SMILES string of the molecule is CCCCn1ncc(C(=O)OC)c1F. The van der Waals surface area contributed by atoms with Gasteiger partial charge in [0.15, 0.2) is 0 Å². The quantitative estimate of drug-likeness (QED) is 0.693. The Labute approximate surface area is 81.7 Å². The topological polar surface area (TPSA) is 44.1 Å². The molecule has 5 heteroatoms. The number of aromatic nitrogens is 2. The predicted octanol–water partition coefficient (Wildman–Crippen LogP) is 1.61. The second kappa shape index (κ2) is 4.74. The van der Waals surface area contributed by atoms with E-state index in [-0.39, 0.29) is 5.56 Å². The molecule has 0 N–H and O–H groups in total. The lowest BCUT2D eigenvalue weighted by atomic mass is 10.3. The molecule has 4 nitrogen and oxygen atoms in total. The van der Waals surface area contributed by atoms with E-state index in [4.69, 9.17) is 0 Å². The molecule has 0 spiro atoms. The Hall–Kier alpha value is -1.39. The zero-order valence-electron chi connectivity index (χ0n) is 8.29. The number of hydrogen-bond donors (Lipinski definition) is 0. The van der Waals surface area contributed by atoms with Crippen molar-refractivity contribution in [3.63, 3.8) is 0 Å². The molecule has 1 heterocycles. The van der Waals surface area contributed by atoms with Gasteiger partial charge >= 0.3 is 5.97 Å². The fraction of sp³-hybridized carbons (Fsp3) is 0.556. The van der Waals surface area contributed by atoms with Gasteiger partial charge in [0.25, 0.3) is 0 Å². The molecule has 0 bridgehead atoms. The smallest absolute Gasteiger partial charge is 0.344 e. The van der Waals surface area contributed by atoms with E-state index in [2.05, 4.69) is 9.84 Å². The molecule has 0 aromatic carbocycles. The molecule has 0 unspecified atom stereocenters. The van der Waals surface area contributed by atoms with Crippen LogP contribution in [0.2, 0.25) is 0 Å². The Bertz CT molecular complexity index is 323. The van der Waals surface area contributed by atoms with Crippen molar-refractivity contribution in [2.45, 2.75) is 26.3 Å². The number of unbranched alkanes of at least 4 members (excludes halogenated alkanes) is 1. The molecule has 14 heavy (non-hydrogen) atoms. The van der Waals surface area contributed by atoms with Crippen LogP contribution in [0.25, 0.3) is 0 Å². The third kappa shape index (κ3) is 2.10. The third-order valence-electron chi connectivity index (χ3n) is 1.90. The Balaban J connectivity index is 2.80. The van der Waals surface area contributed by atoms with Crippen LogP contribution in [0.15, 0.2) is 6.20 Å². The molecule has 1 rings (SSSR count). The molecule has 0 aliphatic rings. The first-order valence-electron chi connectivity index (χ1n) is 4.50. The Morgan fingerprint density at radius 1 is 1.71 bits per heavy atom. The van der Waals surface area contributed by atoms with Crippen LogP contribution in [-0.2, 0) is 11.3 Å². The van der Waals surface area contributed by atoms with Crippen molar-refractivity contribution in [3.8, 4) is 0 Å². The van der Waals surface area contributed by atoms with Crippen LogP contribution in [0, 0.1) is 5.95 Å². The summed E-state index contributed by atoms with van der Waals surface area (Å²) < 4.78 is 19.0. The molecule has 0 aliphatic heterocycles. The molecular weight excluding hydrogens is 187 g/mol. The van der Waals surface area contributed by atoms with E-state index in [1.165, 1.54) is 18.0 Å². The van der Waals surface area contributed by atoms with Crippen LogP contribution in [-0.4, -0.2) is 22.9 Å². The second-order valence-corrected chi connectivity index (χ2v) is 2.92. The summed E-state index contributed by atoms with van der Waals surface area (Å²) in [5.74, 6) is -1.31. The maximum Gasteiger partial charge on any atom is 0.344 e. The summed E-state index contributed by atoms with van der Waals surface area (Å²) in [6, 6.07) is 0. The number of hydrogen-bond acceptors (Lipinski definition) is 3. The molecule has 1 aromatic rings. The predicted molar refractivity (Wildman–Crippen MR) is 48.4 cm³/mol. The number of rotatable bonds is 4. The number of nitrogens with zero attached hydrogens (tertiary/aromatic N) is 2. The van der Waals surface area contributed by atoms with Gasteiger partial charge in [0.1, 0.15) is 5.56 Å². The minimum absolute atomic E-state index is 0.108.